The maximum atomic E-state index is 12.3. The predicted octanol–water partition coefficient (Wildman–Crippen LogP) is 4.07. The quantitative estimate of drug-likeness (QED) is 0.411. The lowest BCUT2D eigenvalue weighted by Gasteiger charge is -2.04. The number of anilines is 2. The molecule has 9 heteroatoms. The van der Waals surface area contributed by atoms with Gasteiger partial charge >= 0.3 is 0 Å². The molecule has 0 spiro atoms. The number of furan rings is 1. The molecule has 0 aliphatic heterocycles. The van der Waals surface area contributed by atoms with E-state index < -0.39 is 0 Å². The molecule has 3 rings (SSSR count). The number of hydrogen-bond acceptors (Lipinski definition) is 8. The van der Waals surface area contributed by atoms with Gasteiger partial charge in [-0.05, 0) is 36.4 Å². The molecule has 2 aromatic heterocycles. The first-order chi connectivity index (χ1) is 13.1. The van der Waals surface area contributed by atoms with Crippen LogP contribution in [0.3, 0.4) is 0 Å². The summed E-state index contributed by atoms with van der Waals surface area (Å²) >= 11 is 2.74. The van der Waals surface area contributed by atoms with E-state index in [-0.39, 0.29) is 17.4 Å². The summed E-state index contributed by atoms with van der Waals surface area (Å²) in [7, 11) is 0. The van der Waals surface area contributed by atoms with Gasteiger partial charge in [-0.2, -0.15) is 0 Å². The van der Waals surface area contributed by atoms with Gasteiger partial charge in [0.15, 0.2) is 10.1 Å². The fourth-order valence-corrected chi connectivity index (χ4v) is 3.76. The monoisotopic (exact) mass is 402 g/mol. The minimum Gasteiger partial charge on any atom is -0.467 e. The first-order valence-corrected chi connectivity index (χ1v) is 10.1. The fourth-order valence-electron chi connectivity index (χ4n) is 2.11. The molecule has 27 heavy (non-hydrogen) atoms. The average molecular weight is 403 g/mol. The number of carbonyl (C=O) groups excluding carboxylic acids is 2. The van der Waals surface area contributed by atoms with Crippen LogP contribution in [0.1, 0.15) is 29.5 Å². The minimum atomic E-state index is -0.0580. The zero-order valence-corrected chi connectivity index (χ0v) is 16.2. The standard InChI is InChI=1S/C18H18N4O3S2/c1-2-16(24)20-13-7-5-12(6-8-13)15(23)11-26-18-22-21-17(27-18)19-10-14-4-3-9-25-14/h3-9H,2,10-11H2,1H3,(H,19,21)(H,20,24). The molecule has 0 unspecified atom stereocenters. The van der Waals surface area contributed by atoms with Crippen molar-refractivity contribution in [2.45, 2.75) is 24.2 Å². The Morgan fingerprint density at radius 1 is 1.19 bits per heavy atom. The lowest BCUT2D eigenvalue weighted by Crippen LogP contribution is -2.09. The van der Waals surface area contributed by atoms with E-state index in [0.29, 0.717) is 29.3 Å². The van der Waals surface area contributed by atoms with E-state index in [1.54, 1.807) is 37.5 Å². The van der Waals surface area contributed by atoms with Crippen molar-refractivity contribution < 1.29 is 14.0 Å². The van der Waals surface area contributed by atoms with Crippen LogP contribution in [0.25, 0.3) is 0 Å². The zero-order chi connectivity index (χ0) is 19.1. The van der Waals surface area contributed by atoms with Gasteiger partial charge in [-0.25, -0.2) is 0 Å². The van der Waals surface area contributed by atoms with Crippen molar-refractivity contribution in [1.82, 2.24) is 10.2 Å². The number of nitrogens with zero attached hydrogens (tertiary/aromatic N) is 2. The highest BCUT2D eigenvalue weighted by atomic mass is 32.2. The number of nitrogens with one attached hydrogen (secondary N) is 2. The Morgan fingerprint density at radius 2 is 2.00 bits per heavy atom. The van der Waals surface area contributed by atoms with Crippen molar-refractivity contribution >= 4 is 45.6 Å². The third-order valence-corrected chi connectivity index (χ3v) is 5.55. The van der Waals surface area contributed by atoms with E-state index in [1.165, 1.54) is 23.1 Å². The number of aromatic nitrogens is 2. The Balaban J connectivity index is 1.48. The molecule has 0 fully saturated rings. The van der Waals surface area contributed by atoms with Crippen molar-refractivity contribution in [1.29, 1.82) is 0 Å². The maximum absolute atomic E-state index is 12.3. The van der Waals surface area contributed by atoms with Crippen molar-refractivity contribution in [3.8, 4) is 0 Å². The Bertz CT molecular complexity index is 892. The van der Waals surface area contributed by atoms with Gasteiger partial charge in [0.05, 0.1) is 18.6 Å². The number of amides is 1. The molecule has 140 valence electrons. The first kappa shape index (κ1) is 19.1. The summed E-state index contributed by atoms with van der Waals surface area (Å²) in [6.45, 7) is 2.32. The summed E-state index contributed by atoms with van der Waals surface area (Å²) in [5, 5.41) is 14.7. The molecule has 1 aromatic carbocycles. The molecule has 1 amide bonds. The Kier molecular flexibility index (Phi) is 6.61. The molecule has 2 heterocycles. The molecule has 7 nitrogen and oxygen atoms in total. The van der Waals surface area contributed by atoms with E-state index in [4.69, 9.17) is 4.42 Å². The number of carbonyl (C=O) groups is 2. The SMILES string of the molecule is CCC(=O)Nc1ccc(C(=O)CSc2nnc(NCc3ccco3)s2)cc1. The minimum absolute atomic E-state index is 0.00587. The van der Waals surface area contributed by atoms with Crippen LogP contribution in [0.2, 0.25) is 0 Å². The summed E-state index contributed by atoms with van der Waals surface area (Å²) < 4.78 is 5.97. The van der Waals surface area contributed by atoms with E-state index in [1.807, 2.05) is 12.1 Å². The third-order valence-electron chi connectivity index (χ3n) is 3.54. The molecule has 0 saturated carbocycles. The van der Waals surface area contributed by atoms with Crippen molar-refractivity contribution in [3.63, 3.8) is 0 Å². The lowest BCUT2D eigenvalue weighted by molar-refractivity contribution is -0.115. The van der Waals surface area contributed by atoms with Crippen LogP contribution < -0.4 is 10.6 Å². The van der Waals surface area contributed by atoms with Crippen molar-refractivity contribution in [2.75, 3.05) is 16.4 Å². The Hall–Kier alpha value is -2.65. The number of hydrogen-bond donors (Lipinski definition) is 2. The van der Waals surface area contributed by atoms with Gasteiger partial charge in [-0.3, -0.25) is 9.59 Å². The summed E-state index contributed by atoms with van der Waals surface area (Å²) in [6.07, 6.45) is 2.03. The number of rotatable bonds is 9. The second-order valence-corrected chi connectivity index (χ2v) is 7.70. The lowest BCUT2D eigenvalue weighted by atomic mass is 10.1. The normalized spacial score (nSPS) is 10.6. The summed E-state index contributed by atoms with van der Waals surface area (Å²) in [4.78, 5) is 23.7. The summed E-state index contributed by atoms with van der Waals surface area (Å²) in [6, 6.07) is 10.6. The Morgan fingerprint density at radius 3 is 2.70 bits per heavy atom. The van der Waals surface area contributed by atoms with Crippen LogP contribution in [0.4, 0.5) is 10.8 Å². The van der Waals surface area contributed by atoms with Crippen LogP contribution in [0.15, 0.2) is 51.4 Å². The zero-order valence-electron chi connectivity index (χ0n) is 14.6. The fraction of sp³-hybridized carbons (Fsp3) is 0.222. The molecule has 0 aliphatic carbocycles. The van der Waals surface area contributed by atoms with E-state index in [0.717, 1.165) is 10.1 Å². The van der Waals surface area contributed by atoms with Gasteiger partial charge in [0, 0.05) is 17.7 Å². The first-order valence-electron chi connectivity index (χ1n) is 8.29. The van der Waals surface area contributed by atoms with Crippen molar-refractivity contribution in [3.05, 3.63) is 54.0 Å². The maximum Gasteiger partial charge on any atom is 0.224 e. The number of ketones is 1. The smallest absolute Gasteiger partial charge is 0.224 e. The van der Waals surface area contributed by atoms with Crippen LogP contribution in [-0.4, -0.2) is 27.6 Å². The second kappa shape index (κ2) is 9.33. The highest BCUT2D eigenvalue weighted by molar-refractivity contribution is 8.01. The Labute approximate surface area is 164 Å². The molecule has 0 aliphatic rings. The molecule has 0 radical (unpaired) electrons. The van der Waals surface area contributed by atoms with Crippen molar-refractivity contribution in [2.24, 2.45) is 0 Å². The largest absolute Gasteiger partial charge is 0.467 e. The second-order valence-electron chi connectivity index (χ2n) is 5.50. The summed E-state index contributed by atoms with van der Waals surface area (Å²) in [5.41, 5.74) is 1.28. The molecular weight excluding hydrogens is 384 g/mol. The molecule has 0 atom stereocenters. The predicted molar refractivity (Wildman–Crippen MR) is 106 cm³/mol. The van der Waals surface area contributed by atoms with Crippen LogP contribution >= 0.6 is 23.1 Å². The van der Waals surface area contributed by atoms with Crippen LogP contribution in [0, 0.1) is 0 Å². The molecule has 3 aromatic rings. The van der Waals surface area contributed by atoms with Gasteiger partial charge in [0.2, 0.25) is 11.0 Å². The van der Waals surface area contributed by atoms with E-state index in [9.17, 15) is 9.59 Å². The van der Waals surface area contributed by atoms with Gasteiger partial charge in [-0.15, -0.1) is 10.2 Å². The highest BCUT2D eigenvalue weighted by Gasteiger charge is 2.11. The van der Waals surface area contributed by atoms with Crippen LogP contribution in [0.5, 0.6) is 0 Å². The molecular formula is C18H18N4O3S2. The molecule has 0 bridgehead atoms. The van der Waals surface area contributed by atoms with E-state index >= 15 is 0 Å². The van der Waals surface area contributed by atoms with Gasteiger partial charge < -0.3 is 15.1 Å². The average Bonchev–Trinajstić information content (AvgIpc) is 3.36. The molecule has 0 saturated heterocycles. The number of thioether (sulfide) groups is 1. The van der Waals surface area contributed by atoms with E-state index in [2.05, 4.69) is 20.8 Å². The highest BCUT2D eigenvalue weighted by Crippen LogP contribution is 2.26. The van der Waals surface area contributed by atoms with Gasteiger partial charge in [0.25, 0.3) is 0 Å². The summed E-state index contributed by atoms with van der Waals surface area (Å²) in [5.74, 6) is 1.02. The van der Waals surface area contributed by atoms with Gasteiger partial charge in [-0.1, -0.05) is 30.0 Å². The third kappa shape index (κ3) is 5.66. The van der Waals surface area contributed by atoms with Gasteiger partial charge in [0.1, 0.15) is 5.76 Å². The number of benzene rings is 1. The number of Topliss-reactive ketones (excluding diaryl/α,β-unsaturated/α-hetero) is 1. The van der Waals surface area contributed by atoms with Crippen LogP contribution in [-0.2, 0) is 11.3 Å². The topological polar surface area (TPSA) is 97.1 Å². The molecule has 2 N–H and O–H groups in total.